The zero-order valence-electron chi connectivity index (χ0n) is 9.96. The van der Waals surface area contributed by atoms with E-state index in [9.17, 15) is 0 Å². The summed E-state index contributed by atoms with van der Waals surface area (Å²) in [5, 5.41) is 5.55. The SMILES string of the molecule is Cc1cc(Cl)c2c(c1)cc1n2C(C)CNC1.Cl. The third-order valence-corrected chi connectivity index (χ3v) is 3.58. The maximum Gasteiger partial charge on any atom is 0.0675 e. The molecule has 0 spiro atoms. The Bertz CT molecular complexity index is 560. The molecule has 2 aromatic rings. The van der Waals surface area contributed by atoms with Gasteiger partial charge in [0.15, 0.2) is 0 Å². The fourth-order valence-electron chi connectivity index (χ4n) is 2.66. The molecule has 0 saturated heterocycles. The van der Waals surface area contributed by atoms with Crippen molar-refractivity contribution in [2.24, 2.45) is 0 Å². The summed E-state index contributed by atoms with van der Waals surface area (Å²) in [5.41, 5.74) is 3.75. The Hall–Kier alpha value is -0.700. The highest BCUT2D eigenvalue weighted by Crippen LogP contribution is 2.32. The number of nitrogens with zero attached hydrogens (tertiary/aromatic N) is 1. The van der Waals surface area contributed by atoms with Crippen LogP contribution < -0.4 is 5.32 Å². The predicted octanol–water partition coefficient (Wildman–Crippen LogP) is 3.69. The molecule has 3 rings (SSSR count). The quantitative estimate of drug-likeness (QED) is 0.773. The van der Waals surface area contributed by atoms with Crippen molar-refractivity contribution < 1.29 is 0 Å². The molecule has 1 aliphatic rings. The zero-order valence-corrected chi connectivity index (χ0v) is 11.5. The Balaban J connectivity index is 0.00000108. The molecule has 0 radical (unpaired) electrons. The van der Waals surface area contributed by atoms with Gasteiger partial charge in [-0.3, -0.25) is 0 Å². The van der Waals surface area contributed by atoms with E-state index in [1.54, 1.807) is 0 Å². The minimum Gasteiger partial charge on any atom is -0.338 e. The number of nitrogens with one attached hydrogen (secondary N) is 1. The van der Waals surface area contributed by atoms with Crippen LogP contribution in [-0.2, 0) is 6.54 Å². The first-order valence-corrected chi connectivity index (χ1v) is 6.05. The van der Waals surface area contributed by atoms with Crippen LogP contribution in [0.1, 0.15) is 24.2 Å². The maximum atomic E-state index is 6.36. The van der Waals surface area contributed by atoms with Gasteiger partial charge in [0.1, 0.15) is 0 Å². The van der Waals surface area contributed by atoms with E-state index in [-0.39, 0.29) is 12.4 Å². The summed E-state index contributed by atoms with van der Waals surface area (Å²) in [6.45, 7) is 6.27. The number of halogens is 2. The number of fused-ring (bicyclic) bond motifs is 3. The fraction of sp³-hybridized carbons (Fsp3) is 0.385. The van der Waals surface area contributed by atoms with E-state index in [4.69, 9.17) is 11.6 Å². The van der Waals surface area contributed by atoms with Crippen molar-refractivity contribution in [3.8, 4) is 0 Å². The van der Waals surface area contributed by atoms with Crippen LogP contribution in [0.5, 0.6) is 0 Å². The summed E-state index contributed by atoms with van der Waals surface area (Å²) in [5.74, 6) is 0. The molecule has 0 fully saturated rings. The molecule has 0 saturated carbocycles. The van der Waals surface area contributed by atoms with E-state index in [1.165, 1.54) is 22.2 Å². The van der Waals surface area contributed by atoms with E-state index in [1.807, 2.05) is 6.07 Å². The monoisotopic (exact) mass is 270 g/mol. The molecule has 92 valence electrons. The summed E-state index contributed by atoms with van der Waals surface area (Å²) < 4.78 is 2.37. The molecule has 0 aliphatic carbocycles. The predicted molar refractivity (Wildman–Crippen MR) is 75.4 cm³/mol. The molecular formula is C13H16Cl2N2. The van der Waals surface area contributed by atoms with Crippen molar-refractivity contribution in [3.05, 3.63) is 34.5 Å². The third-order valence-electron chi connectivity index (χ3n) is 3.30. The number of rotatable bonds is 0. The van der Waals surface area contributed by atoms with Crippen molar-refractivity contribution in [2.45, 2.75) is 26.4 Å². The molecular weight excluding hydrogens is 255 g/mol. The highest BCUT2D eigenvalue weighted by atomic mass is 35.5. The van der Waals surface area contributed by atoms with Crippen LogP contribution in [-0.4, -0.2) is 11.1 Å². The molecule has 0 amide bonds. The zero-order chi connectivity index (χ0) is 11.3. The Labute approximate surface area is 112 Å². The molecule has 1 atom stereocenters. The average molecular weight is 271 g/mol. The topological polar surface area (TPSA) is 17.0 Å². The van der Waals surface area contributed by atoms with Gasteiger partial charge in [-0.2, -0.15) is 0 Å². The van der Waals surface area contributed by atoms with E-state index in [0.29, 0.717) is 6.04 Å². The fourth-order valence-corrected chi connectivity index (χ4v) is 3.03. The molecule has 1 aromatic carbocycles. The Morgan fingerprint density at radius 1 is 1.35 bits per heavy atom. The molecule has 1 N–H and O–H groups in total. The van der Waals surface area contributed by atoms with Crippen LogP contribution in [0.4, 0.5) is 0 Å². The standard InChI is InChI=1S/C13H15ClN2.ClH/c1-8-3-10-5-11-7-15-6-9(2)16(11)13(10)12(14)4-8;/h3-5,9,15H,6-7H2,1-2H3;1H. The van der Waals surface area contributed by atoms with Gasteiger partial charge >= 0.3 is 0 Å². The highest BCUT2D eigenvalue weighted by Gasteiger charge is 2.19. The smallest absolute Gasteiger partial charge is 0.0675 e. The number of hydrogen-bond donors (Lipinski definition) is 1. The second-order valence-electron chi connectivity index (χ2n) is 4.67. The average Bonchev–Trinajstić information content (AvgIpc) is 2.56. The van der Waals surface area contributed by atoms with Crippen molar-refractivity contribution in [1.82, 2.24) is 9.88 Å². The summed E-state index contributed by atoms with van der Waals surface area (Å²) >= 11 is 6.36. The lowest BCUT2D eigenvalue weighted by Crippen LogP contribution is -2.30. The van der Waals surface area contributed by atoms with Crippen molar-refractivity contribution in [3.63, 3.8) is 0 Å². The minimum atomic E-state index is 0. The van der Waals surface area contributed by atoms with Gasteiger partial charge in [-0.25, -0.2) is 0 Å². The number of aromatic nitrogens is 1. The minimum absolute atomic E-state index is 0. The van der Waals surface area contributed by atoms with Crippen LogP contribution in [0.2, 0.25) is 5.02 Å². The van der Waals surface area contributed by atoms with Crippen molar-refractivity contribution >= 4 is 34.9 Å². The van der Waals surface area contributed by atoms with Crippen LogP contribution >= 0.6 is 24.0 Å². The second-order valence-corrected chi connectivity index (χ2v) is 5.08. The van der Waals surface area contributed by atoms with E-state index >= 15 is 0 Å². The van der Waals surface area contributed by atoms with Gasteiger partial charge in [0.05, 0.1) is 10.5 Å². The summed E-state index contributed by atoms with van der Waals surface area (Å²) in [7, 11) is 0. The Morgan fingerprint density at radius 2 is 2.12 bits per heavy atom. The molecule has 1 aliphatic heterocycles. The third kappa shape index (κ3) is 1.95. The molecule has 1 unspecified atom stereocenters. The van der Waals surface area contributed by atoms with E-state index in [2.05, 4.69) is 35.9 Å². The van der Waals surface area contributed by atoms with Crippen molar-refractivity contribution in [1.29, 1.82) is 0 Å². The molecule has 2 nitrogen and oxygen atoms in total. The van der Waals surface area contributed by atoms with Gasteiger partial charge in [-0.05, 0) is 37.6 Å². The lowest BCUT2D eigenvalue weighted by Gasteiger charge is -2.25. The van der Waals surface area contributed by atoms with Gasteiger partial charge in [0.25, 0.3) is 0 Å². The van der Waals surface area contributed by atoms with Gasteiger partial charge in [-0.15, -0.1) is 12.4 Å². The van der Waals surface area contributed by atoms with Crippen LogP contribution in [0.15, 0.2) is 18.2 Å². The van der Waals surface area contributed by atoms with Gasteiger partial charge < -0.3 is 9.88 Å². The largest absolute Gasteiger partial charge is 0.338 e. The molecule has 17 heavy (non-hydrogen) atoms. The summed E-state index contributed by atoms with van der Waals surface area (Å²) in [6, 6.07) is 6.98. The maximum absolute atomic E-state index is 6.36. The molecule has 2 heterocycles. The van der Waals surface area contributed by atoms with Crippen LogP contribution in [0, 0.1) is 6.92 Å². The lowest BCUT2D eigenvalue weighted by molar-refractivity contribution is 0.439. The first-order valence-electron chi connectivity index (χ1n) is 5.67. The van der Waals surface area contributed by atoms with E-state index in [0.717, 1.165) is 18.1 Å². The number of hydrogen-bond acceptors (Lipinski definition) is 1. The first kappa shape index (κ1) is 12.7. The van der Waals surface area contributed by atoms with Crippen LogP contribution in [0.25, 0.3) is 10.9 Å². The Morgan fingerprint density at radius 3 is 2.88 bits per heavy atom. The summed E-state index contributed by atoms with van der Waals surface area (Å²) in [4.78, 5) is 0. The Kier molecular flexibility index (Phi) is 3.39. The number of benzene rings is 1. The number of aryl methyl sites for hydroxylation is 1. The lowest BCUT2D eigenvalue weighted by atomic mass is 10.2. The van der Waals surface area contributed by atoms with Gasteiger partial charge in [0.2, 0.25) is 0 Å². The highest BCUT2D eigenvalue weighted by molar-refractivity contribution is 6.35. The second kappa shape index (κ2) is 4.52. The van der Waals surface area contributed by atoms with Crippen molar-refractivity contribution in [2.75, 3.05) is 6.54 Å². The van der Waals surface area contributed by atoms with Crippen LogP contribution in [0.3, 0.4) is 0 Å². The molecule has 1 aromatic heterocycles. The summed E-state index contributed by atoms with van der Waals surface area (Å²) in [6.07, 6.45) is 0. The molecule has 4 heteroatoms. The molecule has 0 bridgehead atoms. The van der Waals surface area contributed by atoms with Gasteiger partial charge in [0, 0.05) is 30.2 Å². The van der Waals surface area contributed by atoms with E-state index < -0.39 is 0 Å². The van der Waals surface area contributed by atoms with Gasteiger partial charge in [-0.1, -0.05) is 11.6 Å². The normalized spacial score (nSPS) is 18.9. The first-order chi connectivity index (χ1) is 7.66.